The molecule has 0 amide bonds. The van der Waals surface area contributed by atoms with E-state index in [1.165, 1.54) is 18.9 Å². The fourth-order valence-corrected chi connectivity index (χ4v) is 4.51. The summed E-state index contributed by atoms with van der Waals surface area (Å²) in [5.41, 5.74) is 3.72. The highest BCUT2D eigenvalue weighted by Gasteiger charge is 2.19. The molecule has 0 N–H and O–H groups in total. The second kappa shape index (κ2) is 11.0. The van der Waals surface area contributed by atoms with Crippen molar-refractivity contribution >= 4 is 28.7 Å². The smallest absolute Gasteiger partial charge is 0.282 e. The zero-order valence-electron chi connectivity index (χ0n) is 21.8. The van der Waals surface area contributed by atoms with E-state index in [9.17, 15) is 4.79 Å². The van der Waals surface area contributed by atoms with E-state index in [4.69, 9.17) is 30.8 Å². The molecule has 0 unspecified atom stereocenters. The molecule has 0 aliphatic rings. The predicted molar refractivity (Wildman–Crippen MR) is 149 cm³/mol. The molecule has 0 atom stereocenters. The molecular formula is C29H30ClN3O4. The highest BCUT2D eigenvalue weighted by molar-refractivity contribution is 6.32. The Labute approximate surface area is 221 Å². The number of methoxy groups -OCH3 is 2. The molecule has 37 heavy (non-hydrogen) atoms. The van der Waals surface area contributed by atoms with Crippen LogP contribution in [0.25, 0.3) is 22.3 Å². The number of benzene rings is 3. The molecule has 1 heterocycles. The summed E-state index contributed by atoms with van der Waals surface area (Å²) in [6.07, 6.45) is 1.56. The number of aromatic nitrogens is 2. The van der Waals surface area contributed by atoms with Crippen LogP contribution in [0.15, 0.2) is 58.4 Å². The zero-order chi connectivity index (χ0) is 26.7. The minimum Gasteiger partial charge on any atom is -0.494 e. The first kappa shape index (κ1) is 26.2. The highest BCUT2D eigenvalue weighted by Crippen LogP contribution is 2.36. The van der Waals surface area contributed by atoms with Crippen LogP contribution in [0.1, 0.15) is 43.4 Å². The number of para-hydroxylation sites is 1. The first-order valence-electron chi connectivity index (χ1n) is 12.0. The predicted octanol–water partition coefficient (Wildman–Crippen LogP) is 6.45. The third kappa shape index (κ3) is 5.18. The summed E-state index contributed by atoms with van der Waals surface area (Å²) in [6, 6.07) is 14.7. The summed E-state index contributed by atoms with van der Waals surface area (Å²) in [5.74, 6) is 2.37. The molecule has 0 bridgehead atoms. The molecule has 1 aromatic heterocycles. The number of hydrogen-bond donors (Lipinski definition) is 0. The minimum atomic E-state index is -0.275. The van der Waals surface area contributed by atoms with Crippen LogP contribution >= 0.6 is 11.6 Å². The lowest BCUT2D eigenvalue weighted by Crippen LogP contribution is -2.21. The van der Waals surface area contributed by atoms with Gasteiger partial charge in [-0.05, 0) is 72.9 Å². The van der Waals surface area contributed by atoms with Gasteiger partial charge in [0.2, 0.25) is 0 Å². The molecular weight excluding hydrogens is 490 g/mol. The van der Waals surface area contributed by atoms with Crippen LogP contribution in [-0.2, 0) is 0 Å². The SMILES string of the molecule is CCOc1cc(C)c(-c2nc3ccccc3c(=O)n2N=Cc2cc(Cl)c(OC)c(OC)c2)cc1C(C)C. The van der Waals surface area contributed by atoms with Gasteiger partial charge in [-0.1, -0.05) is 37.6 Å². The van der Waals surface area contributed by atoms with Gasteiger partial charge in [0.25, 0.3) is 5.56 Å². The standard InChI is InChI=1S/C29H30ClN3O4/c1-7-37-25-12-18(4)22(15-21(25)17(2)3)28-32-24-11-9-8-10-20(24)29(34)33(28)31-16-19-13-23(30)27(36-6)26(14-19)35-5/h8-17H,7H2,1-6H3. The molecule has 0 saturated heterocycles. The van der Waals surface area contributed by atoms with Crippen molar-refractivity contribution in [3.05, 3.63) is 80.6 Å². The normalized spacial score (nSPS) is 11.5. The van der Waals surface area contributed by atoms with Gasteiger partial charge in [0.05, 0.1) is 43.0 Å². The Kier molecular flexibility index (Phi) is 7.83. The molecule has 192 valence electrons. The quantitative estimate of drug-likeness (QED) is 0.250. The number of rotatable bonds is 8. The topological polar surface area (TPSA) is 74.9 Å². The average molecular weight is 520 g/mol. The van der Waals surface area contributed by atoms with Crippen molar-refractivity contribution in [3.8, 4) is 28.6 Å². The summed E-state index contributed by atoms with van der Waals surface area (Å²) in [7, 11) is 3.06. The number of ether oxygens (including phenoxy) is 3. The Morgan fingerprint density at radius 2 is 1.84 bits per heavy atom. The average Bonchev–Trinajstić information content (AvgIpc) is 2.88. The van der Waals surface area contributed by atoms with Crippen molar-refractivity contribution in [2.75, 3.05) is 20.8 Å². The van der Waals surface area contributed by atoms with Crippen LogP contribution in [0.4, 0.5) is 0 Å². The molecule has 0 aliphatic heterocycles. The van der Waals surface area contributed by atoms with Gasteiger partial charge < -0.3 is 14.2 Å². The van der Waals surface area contributed by atoms with E-state index in [1.54, 1.807) is 24.4 Å². The van der Waals surface area contributed by atoms with Crippen molar-refractivity contribution in [2.45, 2.75) is 33.6 Å². The van der Waals surface area contributed by atoms with Crippen LogP contribution in [0.2, 0.25) is 5.02 Å². The van der Waals surface area contributed by atoms with Gasteiger partial charge in [0.1, 0.15) is 5.75 Å². The molecule has 4 aromatic rings. The first-order chi connectivity index (χ1) is 17.8. The molecule has 8 heteroatoms. The highest BCUT2D eigenvalue weighted by atomic mass is 35.5. The summed E-state index contributed by atoms with van der Waals surface area (Å²) in [4.78, 5) is 18.5. The number of halogens is 1. The minimum absolute atomic E-state index is 0.207. The van der Waals surface area contributed by atoms with E-state index in [2.05, 4.69) is 18.9 Å². The van der Waals surface area contributed by atoms with Gasteiger partial charge in [0.15, 0.2) is 17.3 Å². The number of aryl methyl sites for hydroxylation is 1. The van der Waals surface area contributed by atoms with E-state index in [-0.39, 0.29) is 11.5 Å². The summed E-state index contributed by atoms with van der Waals surface area (Å²) in [5, 5.41) is 5.42. The van der Waals surface area contributed by atoms with Gasteiger partial charge in [0, 0.05) is 5.56 Å². The third-order valence-electron chi connectivity index (χ3n) is 6.05. The van der Waals surface area contributed by atoms with Crippen molar-refractivity contribution < 1.29 is 14.2 Å². The fourth-order valence-electron chi connectivity index (χ4n) is 4.21. The van der Waals surface area contributed by atoms with Gasteiger partial charge in [-0.3, -0.25) is 4.79 Å². The molecule has 4 rings (SSSR count). The van der Waals surface area contributed by atoms with Crippen molar-refractivity contribution in [1.29, 1.82) is 0 Å². The van der Waals surface area contributed by atoms with Crippen LogP contribution in [-0.4, -0.2) is 36.7 Å². The third-order valence-corrected chi connectivity index (χ3v) is 6.33. The molecule has 0 saturated carbocycles. The molecule has 7 nitrogen and oxygen atoms in total. The molecule has 3 aromatic carbocycles. The first-order valence-corrected chi connectivity index (χ1v) is 12.4. The van der Waals surface area contributed by atoms with Crippen LogP contribution in [0.3, 0.4) is 0 Å². The van der Waals surface area contributed by atoms with Crippen molar-refractivity contribution in [3.63, 3.8) is 0 Å². The zero-order valence-corrected chi connectivity index (χ0v) is 22.6. The maximum absolute atomic E-state index is 13.6. The maximum atomic E-state index is 13.6. The molecule has 0 aliphatic carbocycles. The number of fused-ring (bicyclic) bond motifs is 1. The number of hydrogen-bond acceptors (Lipinski definition) is 6. The fraction of sp³-hybridized carbons (Fsp3) is 0.276. The van der Waals surface area contributed by atoms with E-state index in [0.29, 0.717) is 45.4 Å². The van der Waals surface area contributed by atoms with Gasteiger partial charge in [-0.15, -0.1) is 0 Å². The molecule has 0 radical (unpaired) electrons. The second-order valence-corrected chi connectivity index (χ2v) is 9.25. The molecule has 0 spiro atoms. The van der Waals surface area contributed by atoms with Gasteiger partial charge >= 0.3 is 0 Å². The Morgan fingerprint density at radius 1 is 1.08 bits per heavy atom. The Hall–Kier alpha value is -3.84. The largest absolute Gasteiger partial charge is 0.494 e. The van der Waals surface area contributed by atoms with E-state index in [1.807, 2.05) is 44.2 Å². The Bertz CT molecular complexity index is 1540. The summed E-state index contributed by atoms with van der Waals surface area (Å²) in [6.45, 7) is 8.72. The summed E-state index contributed by atoms with van der Waals surface area (Å²) >= 11 is 6.38. The van der Waals surface area contributed by atoms with E-state index < -0.39 is 0 Å². The Balaban J connectivity index is 1.96. The van der Waals surface area contributed by atoms with Crippen molar-refractivity contribution in [2.24, 2.45) is 5.10 Å². The maximum Gasteiger partial charge on any atom is 0.282 e. The van der Waals surface area contributed by atoms with E-state index in [0.717, 1.165) is 22.4 Å². The van der Waals surface area contributed by atoms with Crippen LogP contribution < -0.4 is 19.8 Å². The van der Waals surface area contributed by atoms with Crippen molar-refractivity contribution in [1.82, 2.24) is 9.66 Å². The lowest BCUT2D eigenvalue weighted by molar-refractivity contribution is 0.335. The van der Waals surface area contributed by atoms with E-state index >= 15 is 0 Å². The lowest BCUT2D eigenvalue weighted by atomic mass is 9.96. The second-order valence-electron chi connectivity index (χ2n) is 8.84. The van der Waals surface area contributed by atoms with Gasteiger partial charge in [-0.2, -0.15) is 9.78 Å². The monoisotopic (exact) mass is 519 g/mol. The lowest BCUT2D eigenvalue weighted by Gasteiger charge is -2.18. The Morgan fingerprint density at radius 3 is 2.51 bits per heavy atom. The van der Waals surface area contributed by atoms with Crippen LogP contribution in [0.5, 0.6) is 17.2 Å². The van der Waals surface area contributed by atoms with Gasteiger partial charge in [-0.25, -0.2) is 4.98 Å². The summed E-state index contributed by atoms with van der Waals surface area (Å²) < 4.78 is 18.0. The van der Waals surface area contributed by atoms with Crippen LogP contribution in [0, 0.1) is 6.92 Å². The molecule has 0 fully saturated rings. The number of nitrogens with zero attached hydrogens (tertiary/aromatic N) is 3.